The van der Waals surface area contributed by atoms with Crippen LogP contribution in [0.2, 0.25) is 0 Å². The van der Waals surface area contributed by atoms with Crippen LogP contribution in [0, 0.1) is 17.0 Å². The number of H-pyrrole nitrogens is 1. The lowest BCUT2D eigenvalue weighted by Gasteiger charge is -2.07. The van der Waals surface area contributed by atoms with E-state index in [9.17, 15) is 19.7 Å². The van der Waals surface area contributed by atoms with Crippen LogP contribution in [0.4, 0.5) is 11.4 Å². The molecular weight excluding hydrogens is 318 g/mol. The van der Waals surface area contributed by atoms with Crippen molar-refractivity contribution in [3.8, 4) is 5.75 Å². The summed E-state index contributed by atoms with van der Waals surface area (Å²) in [6.07, 6.45) is 0. The van der Waals surface area contributed by atoms with Gasteiger partial charge in [-0.3, -0.25) is 14.9 Å². The van der Waals surface area contributed by atoms with E-state index in [1.165, 1.54) is 26.4 Å². The van der Waals surface area contributed by atoms with Gasteiger partial charge in [0.25, 0.3) is 5.91 Å². The van der Waals surface area contributed by atoms with Crippen LogP contribution in [-0.2, 0) is 4.74 Å². The number of aryl methyl sites for hydroxylation is 1. The molecule has 0 spiro atoms. The minimum absolute atomic E-state index is 0.0456. The molecule has 0 saturated heterocycles. The summed E-state index contributed by atoms with van der Waals surface area (Å²) < 4.78 is 9.52. The van der Waals surface area contributed by atoms with Crippen LogP contribution in [0.5, 0.6) is 5.75 Å². The van der Waals surface area contributed by atoms with Gasteiger partial charge >= 0.3 is 11.7 Å². The van der Waals surface area contributed by atoms with Gasteiger partial charge in [-0.25, -0.2) is 4.79 Å². The van der Waals surface area contributed by atoms with Crippen molar-refractivity contribution in [2.24, 2.45) is 0 Å². The number of esters is 1. The van der Waals surface area contributed by atoms with Crippen LogP contribution in [0.3, 0.4) is 0 Å². The van der Waals surface area contributed by atoms with Crippen molar-refractivity contribution in [1.29, 1.82) is 0 Å². The van der Waals surface area contributed by atoms with E-state index < -0.39 is 16.8 Å². The van der Waals surface area contributed by atoms with E-state index in [2.05, 4.69) is 15.0 Å². The zero-order valence-corrected chi connectivity index (χ0v) is 13.2. The lowest BCUT2D eigenvalue weighted by atomic mass is 10.1. The fraction of sp³-hybridized carbons (Fsp3) is 0.200. The molecule has 2 N–H and O–H groups in total. The van der Waals surface area contributed by atoms with E-state index in [0.29, 0.717) is 5.69 Å². The molecule has 1 heterocycles. The van der Waals surface area contributed by atoms with Crippen molar-refractivity contribution in [3.63, 3.8) is 0 Å². The third-order valence-electron chi connectivity index (χ3n) is 3.23. The smallest absolute Gasteiger partial charge is 0.356 e. The van der Waals surface area contributed by atoms with Gasteiger partial charge in [-0.2, -0.15) is 0 Å². The summed E-state index contributed by atoms with van der Waals surface area (Å²) in [6, 6.07) is 5.38. The van der Waals surface area contributed by atoms with Crippen molar-refractivity contribution < 1.29 is 24.0 Å². The number of benzene rings is 1. The first kappa shape index (κ1) is 17.0. The molecule has 126 valence electrons. The number of aromatic nitrogens is 1. The fourth-order valence-corrected chi connectivity index (χ4v) is 2.12. The van der Waals surface area contributed by atoms with Crippen LogP contribution in [-0.4, -0.2) is 36.0 Å². The highest BCUT2D eigenvalue weighted by atomic mass is 16.6. The van der Waals surface area contributed by atoms with Crippen LogP contribution in [0.1, 0.15) is 26.5 Å². The molecule has 9 nitrogen and oxygen atoms in total. The van der Waals surface area contributed by atoms with Gasteiger partial charge in [-0.05, 0) is 25.1 Å². The molecule has 0 fully saturated rings. The Balaban J connectivity index is 2.33. The largest absolute Gasteiger partial charge is 0.490 e. The van der Waals surface area contributed by atoms with Crippen molar-refractivity contribution in [2.45, 2.75) is 6.92 Å². The number of methoxy groups -OCH3 is 2. The van der Waals surface area contributed by atoms with E-state index >= 15 is 0 Å². The Bertz CT molecular complexity index is 812. The average molecular weight is 333 g/mol. The Morgan fingerprint density at radius 2 is 1.96 bits per heavy atom. The Morgan fingerprint density at radius 3 is 2.54 bits per heavy atom. The van der Waals surface area contributed by atoms with E-state index in [0.717, 1.165) is 6.07 Å². The third-order valence-corrected chi connectivity index (χ3v) is 3.23. The number of hydrogen-bond donors (Lipinski definition) is 2. The second kappa shape index (κ2) is 6.82. The number of nitrogens with zero attached hydrogens (tertiary/aromatic N) is 1. The number of nitro groups is 1. The maximum Gasteiger partial charge on any atom is 0.356 e. The zero-order chi connectivity index (χ0) is 17.9. The minimum atomic E-state index is -0.643. The second-order valence-corrected chi connectivity index (χ2v) is 4.83. The number of carbonyl (C=O) groups is 2. The summed E-state index contributed by atoms with van der Waals surface area (Å²) >= 11 is 0. The Hall–Kier alpha value is -3.36. The van der Waals surface area contributed by atoms with Gasteiger partial charge < -0.3 is 19.8 Å². The summed E-state index contributed by atoms with van der Waals surface area (Å²) in [6.45, 7) is 1.71. The maximum absolute atomic E-state index is 12.3. The summed E-state index contributed by atoms with van der Waals surface area (Å²) in [7, 11) is 2.52. The molecule has 0 radical (unpaired) electrons. The molecule has 0 aliphatic heterocycles. The van der Waals surface area contributed by atoms with Crippen molar-refractivity contribution in [1.82, 2.24) is 4.98 Å². The third kappa shape index (κ3) is 3.35. The molecule has 24 heavy (non-hydrogen) atoms. The Morgan fingerprint density at radius 1 is 1.25 bits per heavy atom. The van der Waals surface area contributed by atoms with Gasteiger partial charge in [-0.15, -0.1) is 0 Å². The topological polar surface area (TPSA) is 124 Å². The molecule has 0 aliphatic rings. The first-order valence-electron chi connectivity index (χ1n) is 6.79. The normalized spacial score (nSPS) is 10.1. The highest BCUT2D eigenvalue weighted by Gasteiger charge is 2.21. The SMILES string of the molecule is COC(=O)c1[nH]c(C)cc1NC(=O)c1ccc(OC)c([N+](=O)[O-])c1. The summed E-state index contributed by atoms with van der Waals surface area (Å²) in [4.78, 5) is 37.2. The lowest BCUT2D eigenvalue weighted by Crippen LogP contribution is -2.15. The molecule has 1 aromatic carbocycles. The van der Waals surface area contributed by atoms with Gasteiger partial charge in [0.2, 0.25) is 0 Å². The summed E-state index contributed by atoms with van der Waals surface area (Å²) in [5.41, 5.74) is 0.682. The summed E-state index contributed by atoms with van der Waals surface area (Å²) in [5.74, 6) is -1.20. The first-order valence-corrected chi connectivity index (χ1v) is 6.79. The summed E-state index contributed by atoms with van der Waals surface area (Å²) in [5, 5.41) is 13.6. The van der Waals surface area contributed by atoms with Crippen LogP contribution < -0.4 is 10.1 Å². The molecule has 1 aromatic heterocycles. The molecule has 2 aromatic rings. The Kier molecular flexibility index (Phi) is 4.83. The van der Waals surface area contributed by atoms with Gasteiger partial charge in [0.05, 0.1) is 24.8 Å². The van der Waals surface area contributed by atoms with Crippen LogP contribution in [0.15, 0.2) is 24.3 Å². The van der Waals surface area contributed by atoms with Crippen molar-refractivity contribution >= 4 is 23.3 Å². The molecule has 2 rings (SSSR count). The number of anilines is 1. The zero-order valence-electron chi connectivity index (χ0n) is 13.2. The highest BCUT2D eigenvalue weighted by Crippen LogP contribution is 2.28. The van der Waals surface area contributed by atoms with E-state index in [-0.39, 0.29) is 28.4 Å². The molecule has 0 bridgehead atoms. The number of amides is 1. The monoisotopic (exact) mass is 333 g/mol. The number of hydrogen-bond acceptors (Lipinski definition) is 6. The quantitative estimate of drug-likeness (QED) is 0.491. The average Bonchev–Trinajstić information content (AvgIpc) is 2.93. The Labute approximate surface area is 136 Å². The predicted octanol–water partition coefficient (Wildman–Crippen LogP) is 2.28. The standard InChI is InChI=1S/C15H15N3O6/c1-8-6-10(13(16-8)15(20)24-3)17-14(19)9-4-5-12(23-2)11(7-9)18(21)22/h4-7,16H,1-3H3,(H,17,19). The molecule has 0 saturated carbocycles. The van der Waals surface area contributed by atoms with Gasteiger partial charge in [0.1, 0.15) is 5.69 Å². The first-order chi connectivity index (χ1) is 11.4. The maximum atomic E-state index is 12.3. The number of aromatic amines is 1. The van der Waals surface area contributed by atoms with Gasteiger partial charge in [0.15, 0.2) is 5.75 Å². The van der Waals surface area contributed by atoms with Gasteiger partial charge in [0, 0.05) is 17.3 Å². The number of carbonyl (C=O) groups excluding carboxylic acids is 2. The highest BCUT2D eigenvalue weighted by molar-refractivity contribution is 6.08. The van der Waals surface area contributed by atoms with E-state index in [1.807, 2.05) is 0 Å². The predicted molar refractivity (Wildman–Crippen MR) is 84.5 cm³/mol. The van der Waals surface area contributed by atoms with Gasteiger partial charge in [-0.1, -0.05) is 0 Å². The van der Waals surface area contributed by atoms with Crippen molar-refractivity contribution in [3.05, 3.63) is 51.3 Å². The number of nitro benzene ring substituents is 1. The van der Waals surface area contributed by atoms with E-state index in [1.54, 1.807) is 13.0 Å². The number of ether oxygens (including phenoxy) is 2. The second-order valence-electron chi connectivity index (χ2n) is 4.83. The molecule has 9 heteroatoms. The fourth-order valence-electron chi connectivity index (χ4n) is 2.12. The molecular formula is C15H15N3O6. The number of nitrogens with one attached hydrogen (secondary N) is 2. The molecule has 0 aliphatic carbocycles. The van der Waals surface area contributed by atoms with Crippen LogP contribution >= 0.6 is 0 Å². The van der Waals surface area contributed by atoms with Crippen molar-refractivity contribution in [2.75, 3.05) is 19.5 Å². The van der Waals surface area contributed by atoms with E-state index in [4.69, 9.17) is 4.74 Å². The molecule has 0 atom stereocenters. The lowest BCUT2D eigenvalue weighted by molar-refractivity contribution is -0.385. The number of rotatable bonds is 5. The van der Waals surface area contributed by atoms with Crippen LogP contribution in [0.25, 0.3) is 0 Å². The molecule has 1 amide bonds. The molecule has 0 unspecified atom stereocenters. The minimum Gasteiger partial charge on any atom is -0.490 e.